The maximum Gasteiger partial charge on any atom is 0.125 e. The third-order valence-electron chi connectivity index (χ3n) is 3.66. The second-order valence-corrected chi connectivity index (χ2v) is 5.47. The van der Waals surface area contributed by atoms with Gasteiger partial charge in [-0.1, -0.05) is 6.07 Å². The fourth-order valence-electron chi connectivity index (χ4n) is 2.43. The Labute approximate surface area is 107 Å². The molecule has 0 aliphatic carbocycles. The first-order valence-electron chi connectivity index (χ1n) is 6.45. The lowest BCUT2D eigenvalue weighted by Crippen LogP contribution is -2.28. The smallest absolute Gasteiger partial charge is 0.125 e. The van der Waals surface area contributed by atoms with Gasteiger partial charge in [0.05, 0.1) is 5.60 Å². The number of benzene rings is 1. The van der Waals surface area contributed by atoms with Crippen LogP contribution < -0.4 is 5.73 Å². The largest absolute Gasteiger partial charge is 0.398 e. The van der Waals surface area contributed by atoms with Gasteiger partial charge in [-0.05, 0) is 50.4 Å². The average molecular weight is 252 g/mol. The number of nitrogen functional groups attached to an aromatic ring is 1. The summed E-state index contributed by atoms with van der Waals surface area (Å²) in [6, 6.07) is 4.55. The molecule has 0 spiro atoms. The summed E-state index contributed by atoms with van der Waals surface area (Å²) in [6.45, 7) is 4.42. The minimum atomic E-state index is -0.552. The molecule has 3 nitrogen and oxygen atoms in total. The van der Waals surface area contributed by atoms with Gasteiger partial charge in [-0.25, -0.2) is 4.39 Å². The Morgan fingerprint density at radius 3 is 2.89 bits per heavy atom. The number of likely N-dealkylation sites (tertiary alicyclic amines) is 1. The van der Waals surface area contributed by atoms with E-state index in [1.165, 1.54) is 12.1 Å². The second kappa shape index (κ2) is 5.24. The fourth-order valence-corrected chi connectivity index (χ4v) is 2.43. The standard InChI is InChI=1S/C14H21FN2O/c1-14(18)5-2-7-17(8-6-14)10-11-3-4-12(15)9-13(11)16/h3-4,9,18H,2,5-8,10,16H2,1H3. The van der Waals surface area contributed by atoms with Gasteiger partial charge in [-0.2, -0.15) is 0 Å². The molecule has 1 aromatic carbocycles. The third kappa shape index (κ3) is 3.43. The zero-order chi connectivity index (χ0) is 13.2. The highest BCUT2D eigenvalue weighted by Gasteiger charge is 2.25. The number of rotatable bonds is 2. The Morgan fingerprint density at radius 1 is 1.39 bits per heavy atom. The lowest BCUT2D eigenvalue weighted by Gasteiger charge is -2.22. The molecule has 100 valence electrons. The Morgan fingerprint density at radius 2 is 2.17 bits per heavy atom. The molecule has 0 aromatic heterocycles. The van der Waals surface area contributed by atoms with Crippen LogP contribution in [0.25, 0.3) is 0 Å². The van der Waals surface area contributed by atoms with Crippen molar-refractivity contribution in [3.8, 4) is 0 Å². The molecule has 1 heterocycles. The minimum Gasteiger partial charge on any atom is -0.398 e. The monoisotopic (exact) mass is 252 g/mol. The van der Waals surface area contributed by atoms with Crippen molar-refractivity contribution in [2.45, 2.75) is 38.3 Å². The number of anilines is 1. The van der Waals surface area contributed by atoms with Crippen LogP contribution >= 0.6 is 0 Å². The van der Waals surface area contributed by atoms with Gasteiger partial charge in [0.15, 0.2) is 0 Å². The second-order valence-electron chi connectivity index (χ2n) is 5.47. The van der Waals surface area contributed by atoms with Gasteiger partial charge >= 0.3 is 0 Å². The van der Waals surface area contributed by atoms with Crippen LogP contribution in [0.3, 0.4) is 0 Å². The van der Waals surface area contributed by atoms with Crippen LogP contribution in [0.1, 0.15) is 31.7 Å². The SMILES string of the molecule is CC1(O)CCCN(Cc2ccc(F)cc2N)CC1. The first-order valence-corrected chi connectivity index (χ1v) is 6.45. The predicted octanol–water partition coefficient (Wildman–Crippen LogP) is 2.14. The van der Waals surface area contributed by atoms with E-state index in [4.69, 9.17) is 5.73 Å². The molecule has 4 heteroatoms. The van der Waals surface area contributed by atoms with Gasteiger partial charge in [-0.3, -0.25) is 4.90 Å². The Kier molecular flexibility index (Phi) is 3.88. The molecule has 1 aromatic rings. The van der Waals surface area contributed by atoms with E-state index >= 15 is 0 Å². The van der Waals surface area contributed by atoms with Crippen molar-refractivity contribution < 1.29 is 9.50 Å². The molecule has 0 amide bonds. The van der Waals surface area contributed by atoms with E-state index in [0.29, 0.717) is 5.69 Å². The van der Waals surface area contributed by atoms with Crippen molar-refractivity contribution in [3.05, 3.63) is 29.6 Å². The lowest BCUT2D eigenvalue weighted by atomic mass is 9.98. The molecule has 3 N–H and O–H groups in total. The van der Waals surface area contributed by atoms with E-state index in [1.54, 1.807) is 6.07 Å². The topological polar surface area (TPSA) is 49.5 Å². The summed E-state index contributed by atoms with van der Waals surface area (Å²) in [5, 5.41) is 10.0. The van der Waals surface area contributed by atoms with Crippen LogP contribution in [0.5, 0.6) is 0 Å². The van der Waals surface area contributed by atoms with E-state index < -0.39 is 5.60 Å². The molecule has 0 radical (unpaired) electrons. The van der Waals surface area contributed by atoms with Crippen LogP contribution in [0.15, 0.2) is 18.2 Å². The zero-order valence-electron chi connectivity index (χ0n) is 10.8. The molecule has 1 atom stereocenters. The van der Waals surface area contributed by atoms with Crippen LogP contribution in [-0.4, -0.2) is 28.7 Å². The van der Waals surface area contributed by atoms with Crippen LogP contribution in [0, 0.1) is 5.82 Å². The molecular formula is C14H21FN2O. The summed E-state index contributed by atoms with van der Waals surface area (Å²) in [7, 11) is 0. The molecular weight excluding hydrogens is 231 g/mol. The van der Waals surface area contributed by atoms with Gasteiger partial charge in [-0.15, -0.1) is 0 Å². The first kappa shape index (κ1) is 13.3. The van der Waals surface area contributed by atoms with E-state index in [2.05, 4.69) is 4.90 Å². The average Bonchev–Trinajstić information content (AvgIpc) is 2.44. The molecule has 0 bridgehead atoms. The highest BCUT2D eigenvalue weighted by atomic mass is 19.1. The van der Waals surface area contributed by atoms with Crippen LogP contribution in [-0.2, 0) is 6.54 Å². The highest BCUT2D eigenvalue weighted by molar-refractivity contribution is 5.46. The Bertz CT molecular complexity index is 420. The summed E-state index contributed by atoms with van der Waals surface area (Å²) < 4.78 is 13.0. The molecule has 18 heavy (non-hydrogen) atoms. The summed E-state index contributed by atoms with van der Waals surface area (Å²) in [6.07, 6.45) is 2.59. The number of hydrogen-bond acceptors (Lipinski definition) is 3. The molecule has 1 saturated heterocycles. The van der Waals surface area contributed by atoms with Crippen molar-refractivity contribution in [3.63, 3.8) is 0 Å². The van der Waals surface area contributed by atoms with Crippen molar-refractivity contribution in [1.82, 2.24) is 4.90 Å². The summed E-state index contributed by atoms with van der Waals surface area (Å²) in [4.78, 5) is 2.27. The van der Waals surface area contributed by atoms with E-state index in [0.717, 1.165) is 44.5 Å². The zero-order valence-corrected chi connectivity index (χ0v) is 10.8. The summed E-state index contributed by atoms with van der Waals surface area (Å²) in [5.41, 5.74) is 6.72. The van der Waals surface area contributed by atoms with Crippen molar-refractivity contribution >= 4 is 5.69 Å². The maximum atomic E-state index is 13.0. The number of nitrogens with two attached hydrogens (primary N) is 1. The maximum absolute atomic E-state index is 13.0. The lowest BCUT2D eigenvalue weighted by molar-refractivity contribution is 0.0444. The number of hydrogen-bond donors (Lipinski definition) is 2. The quantitative estimate of drug-likeness (QED) is 0.793. The van der Waals surface area contributed by atoms with Crippen LogP contribution in [0.2, 0.25) is 0 Å². The van der Waals surface area contributed by atoms with E-state index in [-0.39, 0.29) is 5.82 Å². The normalized spacial score (nSPS) is 25.9. The number of halogens is 1. The van der Waals surface area contributed by atoms with Crippen molar-refractivity contribution in [2.24, 2.45) is 0 Å². The minimum absolute atomic E-state index is 0.296. The molecule has 0 saturated carbocycles. The summed E-state index contributed by atoms with van der Waals surface area (Å²) in [5.74, 6) is -0.296. The van der Waals surface area contributed by atoms with E-state index in [1.807, 2.05) is 6.92 Å². The Hall–Kier alpha value is -1.13. The molecule has 1 aliphatic rings. The summed E-state index contributed by atoms with van der Waals surface area (Å²) >= 11 is 0. The van der Waals surface area contributed by atoms with Crippen molar-refractivity contribution in [1.29, 1.82) is 0 Å². The number of aliphatic hydroxyl groups is 1. The van der Waals surface area contributed by atoms with Gasteiger partial charge in [0.1, 0.15) is 5.82 Å². The van der Waals surface area contributed by atoms with Gasteiger partial charge in [0.25, 0.3) is 0 Å². The highest BCUT2D eigenvalue weighted by Crippen LogP contribution is 2.23. The molecule has 1 unspecified atom stereocenters. The Balaban J connectivity index is 2.01. The number of nitrogens with zero attached hydrogens (tertiary/aromatic N) is 1. The molecule has 1 fully saturated rings. The van der Waals surface area contributed by atoms with E-state index in [9.17, 15) is 9.50 Å². The predicted molar refractivity (Wildman–Crippen MR) is 70.6 cm³/mol. The van der Waals surface area contributed by atoms with Gasteiger partial charge < -0.3 is 10.8 Å². The van der Waals surface area contributed by atoms with Crippen LogP contribution in [0.4, 0.5) is 10.1 Å². The van der Waals surface area contributed by atoms with Gasteiger partial charge in [0, 0.05) is 18.8 Å². The van der Waals surface area contributed by atoms with Gasteiger partial charge in [0.2, 0.25) is 0 Å². The van der Waals surface area contributed by atoms with Crippen molar-refractivity contribution in [2.75, 3.05) is 18.8 Å². The third-order valence-corrected chi connectivity index (χ3v) is 3.66. The fraction of sp³-hybridized carbons (Fsp3) is 0.571. The first-order chi connectivity index (χ1) is 8.46. The molecule has 1 aliphatic heterocycles. The molecule has 2 rings (SSSR count).